The third-order valence-electron chi connectivity index (χ3n) is 3.23. The van der Waals surface area contributed by atoms with Gasteiger partial charge in [-0.3, -0.25) is 0 Å². The summed E-state index contributed by atoms with van der Waals surface area (Å²) in [5, 5.41) is 24.1. The lowest BCUT2D eigenvalue weighted by molar-refractivity contribution is 0.0806. The summed E-state index contributed by atoms with van der Waals surface area (Å²) in [6.07, 6.45) is 0. The van der Waals surface area contributed by atoms with Crippen LogP contribution in [0, 0.1) is 5.41 Å². The van der Waals surface area contributed by atoms with Crippen molar-refractivity contribution >= 4 is 16.5 Å². The minimum atomic E-state index is -0.494. The van der Waals surface area contributed by atoms with E-state index in [-0.39, 0.29) is 13.2 Å². The molecule has 0 aliphatic carbocycles. The number of hydrogen-bond donors (Lipinski definition) is 3. The summed E-state index contributed by atoms with van der Waals surface area (Å²) >= 11 is 0. The fourth-order valence-electron chi connectivity index (χ4n) is 1.78. The van der Waals surface area contributed by atoms with Gasteiger partial charge in [-0.05, 0) is 22.9 Å². The van der Waals surface area contributed by atoms with Crippen molar-refractivity contribution in [1.29, 1.82) is 0 Å². The van der Waals surface area contributed by atoms with Crippen molar-refractivity contribution in [2.45, 2.75) is 6.92 Å². The van der Waals surface area contributed by atoms with E-state index in [4.69, 9.17) is 0 Å². The summed E-state index contributed by atoms with van der Waals surface area (Å²) in [7, 11) is 0. The lowest BCUT2D eigenvalue weighted by atomic mass is 9.93. The van der Waals surface area contributed by atoms with Crippen molar-refractivity contribution in [2.75, 3.05) is 25.1 Å². The normalized spacial score (nSPS) is 11.7. The molecule has 96 valence electrons. The van der Waals surface area contributed by atoms with Crippen LogP contribution < -0.4 is 5.32 Å². The van der Waals surface area contributed by atoms with Gasteiger partial charge in [0.1, 0.15) is 0 Å². The zero-order chi connectivity index (χ0) is 13.0. The first kappa shape index (κ1) is 12.9. The van der Waals surface area contributed by atoms with E-state index in [1.807, 2.05) is 25.1 Å². The van der Waals surface area contributed by atoms with E-state index in [2.05, 4.69) is 29.6 Å². The van der Waals surface area contributed by atoms with E-state index in [0.717, 1.165) is 5.69 Å². The van der Waals surface area contributed by atoms with Gasteiger partial charge in [0.2, 0.25) is 0 Å². The van der Waals surface area contributed by atoms with Crippen molar-refractivity contribution in [3.63, 3.8) is 0 Å². The Labute approximate surface area is 107 Å². The highest BCUT2D eigenvalue weighted by Gasteiger charge is 2.21. The molecule has 0 amide bonds. The average molecular weight is 245 g/mol. The topological polar surface area (TPSA) is 52.5 Å². The van der Waals surface area contributed by atoms with Crippen LogP contribution in [-0.4, -0.2) is 30.0 Å². The molecule has 2 aromatic rings. The minimum absolute atomic E-state index is 0.0376. The molecular weight excluding hydrogens is 226 g/mol. The van der Waals surface area contributed by atoms with E-state index in [9.17, 15) is 10.2 Å². The van der Waals surface area contributed by atoms with Crippen LogP contribution in [0.1, 0.15) is 6.92 Å². The Balaban J connectivity index is 2.12. The first-order valence-electron chi connectivity index (χ1n) is 6.11. The lowest BCUT2D eigenvalue weighted by Gasteiger charge is -2.25. The Morgan fingerprint density at radius 1 is 1.00 bits per heavy atom. The molecule has 18 heavy (non-hydrogen) atoms. The van der Waals surface area contributed by atoms with Gasteiger partial charge in [0.15, 0.2) is 0 Å². The van der Waals surface area contributed by atoms with Crippen LogP contribution in [0.15, 0.2) is 42.5 Å². The van der Waals surface area contributed by atoms with Gasteiger partial charge in [0.25, 0.3) is 0 Å². The van der Waals surface area contributed by atoms with Gasteiger partial charge in [-0.25, -0.2) is 0 Å². The van der Waals surface area contributed by atoms with Gasteiger partial charge in [0.05, 0.1) is 13.2 Å². The second-order valence-electron chi connectivity index (χ2n) is 5.04. The molecule has 2 aromatic carbocycles. The fraction of sp³-hybridized carbons (Fsp3) is 0.333. The maximum absolute atomic E-state index is 9.24. The van der Waals surface area contributed by atoms with Crippen molar-refractivity contribution in [2.24, 2.45) is 5.41 Å². The molecule has 3 heteroatoms. The molecule has 3 nitrogen and oxygen atoms in total. The largest absolute Gasteiger partial charge is 0.396 e. The van der Waals surface area contributed by atoms with Gasteiger partial charge in [-0.15, -0.1) is 0 Å². The van der Waals surface area contributed by atoms with Crippen LogP contribution in [0.2, 0.25) is 0 Å². The first-order chi connectivity index (χ1) is 8.67. The first-order valence-corrected chi connectivity index (χ1v) is 6.11. The predicted molar refractivity (Wildman–Crippen MR) is 74.7 cm³/mol. The summed E-state index contributed by atoms with van der Waals surface area (Å²) in [5.74, 6) is 0. The highest BCUT2D eigenvalue weighted by atomic mass is 16.3. The van der Waals surface area contributed by atoms with Gasteiger partial charge in [-0.1, -0.05) is 37.3 Å². The van der Waals surface area contributed by atoms with Crippen LogP contribution >= 0.6 is 0 Å². The Morgan fingerprint density at radius 2 is 1.67 bits per heavy atom. The molecule has 0 radical (unpaired) electrons. The quantitative estimate of drug-likeness (QED) is 0.757. The molecule has 0 bridgehead atoms. The van der Waals surface area contributed by atoms with Gasteiger partial charge in [0, 0.05) is 17.6 Å². The summed E-state index contributed by atoms with van der Waals surface area (Å²) in [6.45, 7) is 2.31. The van der Waals surface area contributed by atoms with Gasteiger partial charge in [-0.2, -0.15) is 0 Å². The SMILES string of the molecule is CC(CO)(CO)CNc1ccc2ccccc2c1. The number of rotatable bonds is 5. The molecule has 0 aliphatic heterocycles. The molecule has 0 fully saturated rings. The fourth-order valence-corrected chi connectivity index (χ4v) is 1.78. The van der Waals surface area contributed by atoms with E-state index in [1.165, 1.54) is 10.8 Å². The van der Waals surface area contributed by atoms with E-state index in [0.29, 0.717) is 6.54 Å². The lowest BCUT2D eigenvalue weighted by Crippen LogP contribution is -2.33. The molecule has 0 spiro atoms. The van der Waals surface area contributed by atoms with E-state index < -0.39 is 5.41 Å². The van der Waals surface area contributed by atoms with Crippen molar-refractivity contribution < 1.29 is 10.2 Å². The summed E-state index contributed by atoms with van der Waals surface area (Å²) < 4.78 is 0. The number of hydrogen-bond acceptors (Lipinski definition) is 3. The molecule has 3 N–H and O–H groups in total. The molecule has 0 unspecified atom stereocenters. The monoisotopic (exact) mass is 245 g/mol. The molecule has 0 atom stereocenters. The molecular formula is C15H19NO2. The number of aliphatic hydroxyl groups excluding tert-OH is 2. The Kier molecular flexibility index (Phi) is 3.84. The Morgan fingerprint density at radius 3 is 2.33 bits per heavy atom. The van der Waals surface area contributed by atoms with Gasteiger partial charge >= 0.3 is 0 Å². The molecule has 0 heterocycles. The van der Waals surface area contributed by atoms with Crippen molar-refractivity contribution in [3.8, 4) is 0 Å². The van der Waals surface area contributed by atoms with Crippen LogP contribution in [0.25, 0.3) is 10.8 Å². The summed E-state index contributed by atoms with van der Waals surface area (Å²) in [4.78, 5) is 0. The molecule has 2 rings (SSSR count). The van der Waals surface area contributed by atoms with Crippen molar-refractivity contribution in [3.05, 3.63) is 42.5 Å². The third kappa shape index (κ3) is 2.81. The van der Waals surface area contributed by atoms with E-state index in [1.54, 1.807) is 0 Å². The maximum atomic E-state index is 9.24. The summed E-state index contributed by atoms with van der Waals surface area (Å²) in [6, 6.07) is 14.3. The zero-order valence-electron chi connectivity index (χ0n) is 10.6. The number of aliphatic hydroxyl groups is 2. The zero-order valence-corrected chi connectivity index (χ0v) is 10.6. The standard InChI is InChI=1S/C15H19NO2/c1-15(10-17,11-18)9-16-14-7-6-12-4-2-3-5-13(12)8-14/h2-8,16-18H,9-11H2,1H3. The highest BCUT2D eigenvalue weighted by Crippen LogP contribution is 2.21. The second-order valence-corrected chi connectivity index (χ2v) is 5.04. The number of nitrogens with one attached hydrogen (secondary N) is 1. The van der Waals surface area contributed by atoms with Crippen molar-refractivity contribution in [1.82, 2.24) is 0 Å². The smallest absolute Gasteiger partial charge is 0.0523 e. The number of anilines is 1. The Bertz CT molecular complexity index is 521. The number of benzene rings is 2. The van der Waals surface area contributed by atoms with Crippen LogP contribution in [0.4, 0.5) is 5.69 Å². The van der Waals surface area contributed by atoms with E-state index >= 15 is 0 Å². The molecule has 0 saturated carbocycles. The van der Waals surface area contributed by atoms with Crippen LogP contribution in [0.5, 0.6) is 0 Å². The molecule has 0 aliphatic rings. The number of fused-ring (bicyclic) bond motifs is 1. The minimum Gasteiger partial charge on any atom is -0.396 e. The maximum Gasteiger partial charge on any atom is 0.0523 e. The second kappa shape index (κ2) is 5.38. The highest BCUT2D eigenvalue weighted by molar-refractivity contribution is 5.85. The van der Waals surface area contributed by atoms with Crippen LogP contribution in [-0.2, 0) is 0 Å². The third-order valence-corrected chi connectivity index (χ3v) is 3.23. The molecule has 0 saturated heterocycles. The predicted octanol–water partition coefficient (Wildman–Crippen LogP) is 2.24. The van der Waals surface area contributed by atoms with Gasteiger partial charge < -0.3 is 15.5 Å². The average Bonchev–Trinajstić information content (AvgIpc) is 2.44. The Hall–Kier alpha value is -1.58. The van der Waals surface area contributed by atoms with Crippen LogP contribution in [0.3, 0.4) is 0 Å². The summed E-state index contributed by atoms with van der Waals surface area (Å²) in [5.41, 5.74) is 0.507. The molecule has 0 aromatic heterocycles.